The Hall–Kier alpha value is -1.84. The first kappa shape index (κ1) is 17.5. The molecule has 1 N–H and O–H groups in total. The van der Waals surface area contributed by atoms with Gasteiger partial charge in [-0.15, -0.1) is 0 Å². The Balaban J connectivity index is 2.14. The fraction of sp³-hybridized carbons (Fsp3) is 0.579. The fourth-order valence-corrected chi connectivity index (χ4v) is 3.05. The van der Waals surface area contributed by atoms with Crippen LogP contribution in [-0.2, 0) is 9.59 Å². The molecule has 0 radical (unpaired) electrons. The highest BCUT2D eigenvalue weighted by Crippen LogP contribution is 2.26. The number of nitrogens with one attached hydrogen (secondary N) is 1. The van der Waals surface area contributed by atoms with Gasteiger partial charge in [-0.2, -0.15) is 0 Å². The third-order valence-corrected chi connectivity index (χ3v) is 4.72. The lowest BCUT2D eigenvalue weighted by Crippen LogP contribution is -2.47. The van der Waals surface area contributed by atoms with Gasteiger partial charge in [0.05, 0.1) is 0 Å². The largest absolute Gasteiger partial charge is 0.342 e. The van der Waals surface area contributed by atoms with Gasteiger partial charge in [-0.3, -0.25) is 9.59 Å². The molecular formula is C19H28N2O2. The molecule has 0 aliphatic carbocycles. The van der Waals surface area contributed by atoms with E-state index in [1.807, 2.05) is 36.9 Å². The third-order valence-electron chi connectivity index (χ3n) is 4.72. The predicted molar refractivity (Wildman–Crippen MR) is 93.4 cm³/mol. The molecule has 0 saturated carbocycles. The molecule has 4 heteroatoms. The lowest BCUT2D eigenvalue weighted by Gasteiger charge is -2.30. The van der Waals surface area contributed by atoms with Gasteiger partial charge < -0.3 is 10.2 Å². The molecule has 0 unspecified atom stereocenters. The SMILES string of the molecule is Cc1cccc(C)c1NC(=O)C(C)(C)C(=O)N1CCCCCC1. The smallest absolute Gasteiger partial charge is 0.239 e. The Morgan fingerprint density at radius 2 is 1.52 bits per heavy atom. The summed E-state index contributed by atoms with van der Waals surface area (Å²) in [6.45, 7) is 8.91. The number of nitrogens with zero attached hydrogens (tertiary/aromatic N) is 1. The maximum atomic E-state index is 12.8. The summed E-state index contributed by atoms with van der Waals surface area (Å²) in [7, 11) is 0. The van der Waals surface area contributed by atoms with E-state index >= 15 is 0 Å². The summed E-state index contributed by atoms with van der Waals surface area (Å²) in [4.78, 5) is 27.4. The highest BCUT2D eigenvalue weighted by Gasteiger charge is 2.39. The minimum atomic E-state index is -1.06. The normalized spacial score (nSPS) is 15.9. The number of carbonyl (C=O) groups excluding carboxylic acids is 2. The Bertz CT molecular complexity index is 565. The molecule has 2 amide bonds. The summed E-state index contributed by atoms with van der Waals surface area (Å²) in [5.74, 6) is -0.299. The van der Waals surface area contributed by atoms with Gasteiger partial charge in [-0.05, 0) is 51.7 Å². The number of carbonyl (C=O) groups is 2. The number of benzene rings is 1. The van der Waals surface area contributed by atoms with E-state index in [4.69, 9.17) is 0 Å². The summed E-state index contributed by atoms with van der Waals surface area (Å²) in [6.07, 6.45) is 4.39. The average Bonchev–Trinajstić information content (AvgIpc) is 2.79. The summed E-state index contributed by atoms with van der Waals surface area (Å²) >= 11 is 0. The van der Waals surface area contributed by atoms with Crippen LogP contribution in [0.2, 0.25) is 0 Å². The van der Waals surface area contributed by atoms with Crippen LogP contribution in [0.3, 0.4) is 0 Å². The number of aryl methyl sites for hydroxylation is 2. The molecule has 0 bridgehead atoms. The van der Waals surface area contributed by atoms with Crippen molar-refractivity contribution in [1.82, 2.24) is 4.90 Å². The quantitative estimate of drug-likeness (QED) is 0.865. The van der Waals surface area contributed by atoms with Crippen LogP contribution < -0.4 is 5.32 Å². The van der Waals surface area contributed by atoms with Crippen molar-refractivity contribution in [3.05, 3.63) is 29.3 Å². The van der Waals surface area contributed by atoms with Crippen LogP contribution in [0, 0.1) is 19.3 Å². The summed E-state index contributed by atoms with van der Waals surface area (Å²) in [6, 6.07) is 5.90. The zero-order valence-electron chi connectivity index (χ0n) is 14.7. The Morgan fingerprint density at radius 3 is 2.04 bits per heavy atom. The Morgan fingerprint density at radius 1 is 1.00 bits per heavy atom. The van der Waals surface area contributed by atoms with Crippen LogP contribution >= 0.6 is 0 Å². The number of hydrogen-bond acceptors (Lipinski definition) is 2. The molecule has 23 heavy (non-hydrogen) atoms. The van der Waals surface area contributed by atoms with Gasteiger partial charge in [0.1, 0.15) is 5.41 Å². The van der Waals surface area contributed by atoms with Crippen molar-refractivity contribution in [2.75, 3.05) is 18.4 Å². The van der Waals surface area contributed by atoms with E-state index in [-0.39, 0.29) is 11.8 Å². The molecule has 1 fully saturated rings. The van der Waals surface area contributed by atoms with E-state index in [2.05, 4.69) is 5.32 Å². The van der Waals surface area contributed by atoms with Crippen molar-refractivity contribution >= 4 is 17.5 Å². The number of anilines is 1. The third kappa shape index (κ3) is 3.92. The van der Waals surface area contributed by atoms with E-state index in [1.165, 1.54) is 12.8 Å². The molecule has 0 atom stereocenters. The number of likely N-dealkylation sites (tertiary alicyclic amines) is 1. The molecule has 2 rings (SSSR count). The highest BCUT2D eigenvalue weighted by molar-refractivity contribution is 6.10. The standard InChI is InChI=1S/C19H28N2O2/c1-14-10-9-11-15(2)16(14)20-17(22)19(3,4)18(23)21-12-7-5-6-8-13-21/h9-11H,5-8,12-13H2,1-4H3,(H,20,22). The van der Waals surface area contributed by atoms with Crippen LogP contribution in [0.1, 0.15) is 50.7 Å². The van der Waals surface area contributed by atoms with Crippen molar-refractivity contribution in [3.63, 3.8) is 0 Å². The van der Waals surface area contributed by atoms with Crippen LogP contribution in [0.5, 0.6) is 0 Å². The molecule has 0 aromatic heterocycles. The molecule has 1 heterocycles. The zero-order valence-corrected chi connectivity index (χ0v) is 14.7. The molecule has 1 aromatic carbocycles. The Labute approximate surface area is 139 Å². The maximum Gasteiger partial charge on any atom is 0.239 e. The topological polar surface area (TPSA) is 49.4 Å². The summed E-state index contributed by atoms with van der Waals surface area (Å²) in [5, 5.41) is 2.97. The van der Waals surface area contributed by atoms with E-state index in [1.54, 1.807) is 13.8 Å². The van der Waals surface area contributed by atoms with Crippen LogP contribution in [0.15, 0.2) is 18.2 Å². The first-order valence-electron chi connectivity index (χ1n) is 8.51. The van der Waals surface area contributed by atoms with Crippen LogP contribution in [-0.4, -0.2) is 29.8 Å². The molecule has 0 spiro atoms. The van der Waals surface area contributed by atoms with E-state index < -0.39 is 5.41 Å². The lowest BCUT2D eigenvalue weighted by atomic mass is 9.89. The van der Waals surface area contributed by atoms with Gasteiger partial charge in [0.25, 0.3) is 0 Å². The van der Waals surface area contributed by atoms with Crippen LogP contribution in [0.25, 0.3) is 0 Å². The molecule has 126 valence electrons. The van der Waals surface area contributed by atoms with Crippen molar-refractivity contribution in [2.45, 2.75) is 53.4 Å². The monoisotopic (exact) mass is 316 g/mol. The van der Waals surface area contributed by atoms with Gasteiger partial charge in [0.15, 0.2) is 0 Å². The molecule has 4 nitrogen and oxygen atoms in total. The Kier molecular flexibility index (Phi) is 5.45. The molecule has 1 aromatic rings. The van der Waals surface area contributed by atoms with Gasteiger partial charge in [-0.25, -0.2) is 0 Å². The van der Waals surface area contributed by atoms with Crippen molar-refractivity contribution in [3.8, 4) is 0 Å². The zero-order chi connectivity index (χ0) is 17.0. The van der Waals surface area contributed by atoms with Crippen molar-refractivity contribution < 1.29 is 9.59 Å². The van der Waals surface area contributed by atoms with Crippen molar-refractivity contribution in [2.24, 2.45) is 5.41 Å². The minimum Gasteiger partial charge on any atom is -0.342 e. The average molecular weight is 316 g/mol. The molecule has 1 aliphatic rings. The molecular weight excluding hydrogens is 288 g/mol. The predicted octanol–water partition coefficient (Wildman–Crippen LogP) is 3.67. The second kappa shape index (κ2) is 7.16. The molecule has 1 saturated heterocycles. The van der Waals surface area contributed by atoms with E-state index in [9.17, 15) is 9.59 Å². The first-order valence-corrected chi connectivity index (χ1v) is 8.51. The van der Waals surface area contributed by atoms with Gasteiger partial charge in [0.2, 0.25) is 11.8 Å². The fourth-order valence-electron chi connectivity index (χ4n) is 3.05. The second-order valence-corrected chi connectivity index (χ2v) is 7.05. The van der Waals surface area contributed by atoms with E-state index in [0.717, 1.165) is 42.7 Å². The van der Waals surface area contributed by atoms with Gasteiger partial charge >= 0.3 is 0 Å². The van der Waals surface area contributed by atoms with Crippen LogP contribution in [0.4, 0.5) is 5.69 Å². The number of rotatable bonds is 3. The summed E-state index contributed by atoms with van der Waals surface area (Å²) < 4.78 is 0. The second-order valence-electron chi connectivity index (χ2n) is 7.05. The first-order chi connectivity index (χ1) is 10.8. The lowest BCUT2D eigenvalue weighted by molar-refractivity contribution is -0.146. The van der Waals surface area contributed by atoms with Crippen molar-refractivity contribution in [1.29, 1.82) is 0 Å². The minimum absolute atomic E-state index is 0.0665. The number of para-hydroxylation sites is 1. The summed E-state index contributed by atoms with van der Waals surface area (Å²) in [5.41, 5.74) is 1.78. The van der Waals surface area contributed by atoms with Gasteiger partial charge in [-0.1, -0.05) is 31.0 Å². The maximum absolute atomic E-state index is 12.8. The van der Waals surface area contributed by atoms with E-state index in [0.29, 0.717) is 0 Å². The number of hydrogen-bond donors (Lipinski definition) is 1. The number of amides is 2. The highest BCUT2D eigenvalue weighted by atomic mass is 16.2. The van der Waals surface area contributed by atoms with Gasteiger partial charge in [0, 0.05) is 18.8 Å². The molecule has 1 aliphatic heterocycles.